The third-order valence-electron chi connectivity index (χ3n) is 2.34. The fraction of sp³-hybridized carbons (Fsp3) is 0.417. The first-order valence-electron chi connectivity index (χ1n) is 4.98. The average molecular weight is 224 g/mol. The van der Waals surface area contributed by atoms with Crippen LogP contribution in [0.3, 0.4) is 0 Å². The first-order chi connectivity index (χ1) is 7.58. The molecule has 0 aromatic heterocycles. The highest BCUT2D eigenvalue weighted by molar-refractivity contribution is 5.70. The standard InChI is InChI=1S/C12H16O4/c1-8-4-5-9(11(6-8)15-2)10(13)7-12(14)16-3/h4-6,10,13H,7H2,1-3H3/t10-/m0/s1. The number of esters is 1. The van der Waals surface area contributed by atoms with Crippen LogP contribution in [0.25, 0.3) is 0 Å². The Morgan fingerprint density at radius 1 is 1.44 bits per heavy atom. The van der Waals surface area contributed by atoms with Gasteiger partial charge < -0.3 is 14.6 Å². The van der Waals surface area contributed by atoms with Crippen LogP contribution < -0.4 is 4.74 Å². The second-order valence-corrected chi connectivity index (χ2v) is 3.54. The molecule has 0 bridgehead atoms. The summed E-state index contributed by atoms with van der Waals surface area (Å²) in [5.74, 6) is 0.131. The summed E-state index contributed by atoms with van der Waals surface area (Å²) < 4.78 is 9.65. The van der Waals surface area contributed by atoms with Crippen LogP contribution in [0.15, 0.2) is 18.2 Å². The van der Waals surface area contributed by atoms with E-state index in [1.807, 2.05) is 19.1 Å². The molecule has 0 aliphatic carbocycles. The Morgan fingerprint density at radius 3 is 2.69 bits per heavy atom. The molecule has 0 saturated heterocycles. The number of carbonyl (C=O) groups excluding carboxylic acids is 1. The highest BCUT2D eigenvalue weighted by atomic mass is 16.5. The largest absolute Gasteiger partial charge is 0.496 e. The number of hydrogen-bond donors (Lipinski definition) is 1. The third kappa shape index (κ3) is 2.97. The Kier molecular flexibility index (Phi) is 4.31. The summed E-state index contributed by atoms with van der Waals surface area (Å²) in [6.45, 7) is 1.93. The van der Waals surface area contributed by atoms with Gasteiger partial charge in [0.25, 0.3) is 0 Å². The van der Waals surface area contributed by atoms with Crippen molar-refractivity contribution in [2.75, 3.05) is 14.2 Å². The second kappa shape index (κ2) is 5.51. The molecule has 0 aliphatic heterocycles. The van der Waals surface area contributed by atoms with Crippen molar-refractivity contribution in [3.8, 4) is 5.75 Å². The second-order valence-electron chi connectivity index (χ2n) is 3.54. The molecule has 1 N–H and O–H groups in total. The van der Waals surface area contributed by atoms with Crippen molar-refractivity contribution < 1.29 is 19.4 Å². The molecule has 0 fully saturated rings. The number of carbonyl (C=O) groups is 1. The van der Waals surface area contributed by atoms with Crippen LogP contribution in [0.1, 0.15) is 23.7 Å². The third-order valence-corrected chi connectivity index (χ3v) is 2.34. The first-order valence-corrected chi connectivity index (χ1v) is 4.98. The van der Waals surface area contributed by atoms with E-state index in [9.17, 15) is 9.90 Å². The number of benzene rings is 1. The minimum absolute atomic E-state index is 0.0735. The van der Waals surface area contributed by atoms with Crippen LogP contribution >= 0.6 is 0 Å². The van der Waals surface area contributed by atoms with E-state index in [-0.39, 0.29) is 6.42 Å². The molecule has 1 atom stereocenters. The van der Waals surface area contributed by atoms with E-state index < -0.39 is 12.1 Å². The molecule has 16 heavy (non-hydrogen) atoms. The lowest BCUT2D eigenvalue weighted by Gasteiger charge is -2.14. The quantitative estimate of drug-likeness (QED) is 0.789. The van der Waals surface area contributed by atoms with Crippen LogP contribution in [0.4, 0.5) is 0 Å². The maximum Gasteiger partial charge on any atom is 0.308 e. The van der Waals surface area contributed by atoms with Crippen LogP contribution in [0.2, 0.25) is 0 Å². The predicted octanol–water partition coefficient (Wildman–Crippen LogP) is 1.60. The zero-order valence-corrected chi connectivity index (χ0v) is 9.69. The van der Waals surface area contributed by atoms with Gasteiger partial charge >= 0.3 is 5.97 Å². The summed E-state index contributed by atoms with van der Waals surface area (Å²) >= 11 is 0. The lowest BCUT2D eigenvalue weighted by Crippen LogP contribution is -2.09. The zero-order valence-electron chi connectivity index (χ0n) is 9.69. The maximum atomic E-state index is 11.0. The smallest absolute Gasteiger partial charge is 0.308 e. The van der Waals surface area contributed by atoms with Gasteiger partial charge in [0.05, 0.1) is 26.7 Å². The summed E-state index contributed by atoms with van der Waals surface area (Å²) in [5, 5.41) is 9.84. The van der Waals surface area contributed by atoms with Gasteiger partial charge in [-0.05, 0) is 18.6 Å². The molecule has 0 heterocycles. The van der Waals surface area contributed by atoms with E-state index in [0.717, 1.165) is 5.56 Å². The van der Waals surface area contributed by atoms with E-state index in [4.69, 9.17) is 4.74 Å². The molecule has 0 radical (unpaired) electrons. The Balaban J connectivity index is 2.90. The van der Waals surface area contributed by atoms with Gasteiger partial charge in [0.2, 0.25) is 0 Å². The topological polar surface area (TPSA) is 55.8 Å². The van der Waals surface area contributed by atoms with Gasteiger partial charge in [-0.1, -0.05) is 12.1 Å². The highest BCUT2D eigenvalue weighted by Gasteiger charge is 2.17. The molecule has 1 aromatic carbocycles. The minimum atomic E-state index is -0.900. The van der Waals surface area contributed by atoms with Gasteiger partial charge in [-0.2, -0.15) is 0 Å². The number of hydrogen-bond acceptors (Lipinski definition) is 4. The van der Waals surface area contributed by atoms with Gasteiger partial charge in [0.1, 0.15) is 5.75 Å². The maximum absolute atomic E-state index is 11.0. The molecule has 0 unspecified atom stereocenters. The number of aliphatic hydroxyl groups is 1. The van der Waals surface area contributed by atoms with Crippen molar-refractivity contribution >= 4 is 5.97 Å². The summed E-state index contributed by atoms with van der Waals surface area (Å²) in [6.07, 6.45) is -0.973. The first kappa shape index (κ1) is 12.5. The molecule has 88 valence electrons. The zero-order chi connectivity index (χ0) is 12.1. The van der Waals surface area contributed by atoms with Gasteiger partial charge in [-0.15, -0.1) is 0 Å². The van der Waals surface area contributed by atoms with Crippen molar-refractivity contribution in [1.82, 2.24) is 0 Å². The van der Waals surface area contributed by atoms with Crippen molar-refractivity contribution in [1.29, 1.82) is 0 Å². The molecule has 4 heteroatoms. The van der Waals surface area contributed by atoms with E-state index in [1.54, 1.807) is 6.07 Å². The molecule has 1 rings (SSSR count). The average Bonchev–Trinajstić information content (AvgIpc) is 2.28. The number of ether oxygens (including phenoxy) is 2. The number of methoxy groups -OCH3 is 2. The van der Waals surface area contributed by atoms with E-state index in [0.29, 0.717) is 11.3 Å². The van der Waals surface area contributed by atoms with Crippen molar-refractivity contribution in [2.24, 2.45) is 0 Å². The Hall–Kier alpha value is -1.55. The van der Waals surface area contributed by atoms with Gasteiger partial charge in [0, 0.05) is 5.56 Å². The molecule has 0 amide bonds. The van der Waals surface area contributed by atoms with Crippen molar-refractivity contribution in [3.05, 3.63) is 29.3 Å². The highest BCUT2D eigenvalue weighted by Crippen LogP contribution is 2.28. The summed E-state index contributed by atoms with van der Waals surface area (Å²) in [5.41, 5.74) is 1.63. The van der Waals surface area contributed by atoms with Crippen molar-refractivity contribution in [3.63, 3.8) is 0 Å². The predicted molar refractivity (Wildman–Crippen MR) is 59.3 cm³/mol. The van der Waals surface area contributed by atoms with E-state index in [1.165, 1.54) is 14.2 Å². The van der Waals surface area contributed by atoms with E-state index in [2.05, 4.69) is 4.74 Å². The molecule has 4 nitrogen and oxygen atoms in total. The molecular formula is C12H16O4. The number of rotatable bonds is 4. The monoisotopic (exact) mass is 224 g/mol. The molecule has 1 aromatic rings. The SMILES string of the molecule is COC(=O)C[C@H](O)c1ccc(C)cc1OC. The molecule has 0 aliphatic rings. The van der Waals surface area contributed by atoms with Crippen LogP contribution in [0.5, 0.6) is 5.75 Å². The molecule has 0 spiro atoms. The lowest BCUT2D eigenvalue weighted by molar-refractivity contribution is -0.142. The fourth-order valence-electron chi connectivity index (χ4n) is 1.44. The Labute approximate surface area is 94.8 Å². The van der Waals surface area contributed by atoms with Crippen molar-refractivity contribution in [2.45, 2.75) is 19.4 Å². The van der Waals surface area contributed by atoms with Gasteiger partial charge in [0.15, 0.2) is 0 Å². The summed E-state index contributed by atoms with van der Waals surface area (Å²) in [7, 11) is 2.82. The number of aliphatic hydroxyl groups excluding tert-OH is 1. The Bertz CT molecular complexity index is 373. The Morgan fingerprint density at radius 2 is 2.12 bits per heavy atom. The van der Waals surface area contributed by atoms with Gasteiger partial charge in [-0.3, -0.25) is 4.79 Å². The summed E-state index contributed by atoms with van der Waals surface area (Å²) in [6, 6.07) is 5.43. The van der Waals surface area contributed by atoms with Gasteiger partial charge in [-0.25, -0.2) is 0 Å². The molecular weight excluding hydrogens is 208 g/mol. The van der Waals surface area contributed by atoms with Crippen LogP contribution in [0, 0.1) is 6.92 Å². The van der Waals surface area contributed by atoms with E-state index >= 15 is 0 Å². The van der Waals surface area contributed by atoms with Crippen LogP contribution in [-0.2, 0) is 9.53 Å². The lowest BCUT2D eigenvalue weighted by atomic mass is 10.0. The van der Waals surface area contributed by atoms with Crippen LogP contribution in [-0.4, -0.2) is 25.3 Å². The fourth-order valence-corrected chi connectivity index (χ4v) is 1.44. The summed E-state index contributed by atoms with van der Waals surface area (Å²) in [4.78, 5) is 11.0. The number of aryl methyl sites for hydroxylation is 1. The molecule has 0 saturated carbocycles. The minimum Gasteiger partial charge on any atom is -0.496 e. The normalized spacial score (nSPS) is 12.0.